The molecule has 6 nitrogen and oxygen atoms in total. The van der Waals surface area contributed by atoms with Crippen LogP contribution in [0.4, 0.5) is 5.13 Å². The van der Waals surface area contributed by atoms with Crippen LogP contribution in [0.3, 0.4) is 0 Å². The minimum absolute atomic E-state index is 0.0914. The van der Waals surface area contributed by atoms with Crippen LogP contribution in [-0.4, -0.2) is 34.8 Å². The molecule has 0 aliphatic carbocycles. The average molecular weight is 422 g/mol. The van der Waals surface area contributed by atoms with Crippen molar-refractivity contribution in [3.8, 4) is 22.8 Å². The SMILES string of the molecule is CN1C(=O)/C(=C/c2ccc3c(c2)OCO3)S/C1=N/c1nc(-c2ccccc2)cs1. The number of amidine groups is 1. The van der Waals surface area contributed by atoms with E-state index in [0.717, 1.165) is 22.6 Å². The van der Waals surface area contributed by atoms with Crippen molar-refractivity contribution in [2.75, 3.05) is 13.8 Å². The molecule has 1 aromatic heterocycles. The van der Waals surface area contributed by atoms with Gasteiger partial charge in [-0.3, -0.25) is 9.69 Å². The van der Waals surface area contributed by atoms with E-state index in [9.17, 15) is 4.79 Å². The number of carbonyl (C=O) groups excluding carboxylic acids is 1. The molecule has 2 aromatic carbocycles. The molecule has 3 heterocycles. The number of ether oxygens (including phenoxy) is 2. The number of aromatic nitrogens is 1. The maximum absolute atomic E-state index is 12.7. The molecule has 0 spiro atoms. The Bertz CT molecular complexity index is 1150. The summed E-state index contributed by atoms with van der Waals surface area (Å²) in [6, 6.07) is 15.6. The molecule has 3 aromatic rings. The minimum atomic E-state index is -0.0914. The maximum Gasteiger partial charge on any atom is 0.266 e. The van der Waals surface area contributed by atoms with Crippen LogP contribution < -0.4 is 9.47 Å². The quantitative estimate of drug-likeness (QED) is 0.570. The molecule has 1 fully saturated rings. The standard InChI is InChI=1S/C21H15N3O3S2/c1-24-19(25)18(10-13-7-8-16-17(9-13)27-12-26-16)29-21(24)23-20-22-15(11-28-20)14-5-3-2-4-6-14/h2-11H,12H2,1H3/b18-10-,23-21+. The lowest BCUT2D eigenvalue weighted by atomic mass is 10.2. The Labute approximate surface area is 175 Å². The van der Waals surface area contributed by atoms with Crippen molar-refractivity contribution in [3.63, 3.8) is 0 Å². The largest absolute Gasteiger partial charge is 0.454 e. The number of amides is 1. The van der Waals surface area contributed by atoms with Gasteiger partial charge in [0.25, 0.3) is 5.91 Å². The molecule has 2 aliphatic heterocycles. The van der Waals surface area contributed by atoms with Crippen LogP contribution in [0.15, 0.2) is 63.8 Å². The van der Waals surface area contributed by atoms with E-state index in [1.807, 2.05) is 60.0 Å². The predicted octanol–water partition coefficient (Wildman–Crippen LogP) is 4.77. The van der Waals surface area contributed by atoms with Gasteiger partial charge in [-0.1, -0.05) is 36.4 Å². The maximum atomic E-state index is 12.7. The molecule has 0 radical (unpaired) electrons. The van der Waals surface area contributed by atoms with Crippen molar-refractivity contribution < 1.29 is 14.3 Å². The first-order valence-electron chi connectivity index (χ1n) is 8.84. The Hall–Kier alpha value is -3.10. The third kappa shape index (κ3) is 3.52. The molecular weight excluding hydrogens is 406 g/mol. The third-order valence-corrected chi connectivity index (χ3v) is 6.25. The van der Waals surface area contributed by atoms with E-state index in [1.54, 1.807) is 11.9 Å². The molecule has 0 N–H and O–H groups in total. The predicted molar refractivity (Wildman–Crippen MR) is 116 cm³/mol. The summed E-state index contributed by atoms with van der Waals surface area (Å²) in [5, 5.41) is 3.20. The molecule has 1 saturated heterocycles. The topological polar surface area (TPSA) is 64.0 Å². The molecule has 29 heavy (non-hydrogen) atoms. The van der Waals surface area contributed by atoms with Crippen molar-refractivity contribution in [3.05, 3.63) is 64.4 Å². The molecule has 144 valence electrons. The Morgan fingerprint density at radius 2 is 1.97 bits per heavy atom. The van der Waals surface area contributed by atoms with Crippen LogP contribution in [0.5, 0.6) is 11.5 Å². The van der Waals surface area contributed by atoms with Crippen LogP contribution in [-0.2, 0) is 4.79 Å². The van der Waals surface area contributed by atoms with Crippen LogP contribution in [0.2, 0.25) is 0 Å². The van der Waals surface area contributed by atoms with E-state index in [2.05, 4.69) is 9.98 Å². The molecule has 5 rings (SSSR count). The summed E-state index contributed by atoms with van der Waals surface area (Å²) >= 11 is 2.79. The fourth-order valence-corrected chi connectivity index (χ4v) is 4.67. The lowest BCUT2D eigenvalue weighted by molar-refractivity contribution is -0.121. The molecule has 1 amide bonds. The summed E-state index contributed by atoms with van der Waals surface area (Å²) in [4.78, 5) is 24.0. The van der Waals surface area contributed by atoms with E-state index < -0.39 is 0 Å². The minimum Gasteiger partial charge on any atom is -0.454 e. The van der Waals surface area contributed by atoms with Gasteiger partial charge in [-0.05, 0) is 35.5 Å². The van der Waals surface area contributed by atoms with Crippen molar-refractivity contribution in [2.45, 2.75) is 0 Å². The summed E-state index contributed by atoms with van der Waals surface area (Å²) in [6.07, 6.45) is 1.84. The second-order valence-corrected chi connectivity index (χ2v) is 8.21. The van der Waals surface area contributed by atoms with Gasteiger partial charge < -0.3 is 9.47 Å². The Kier molecular flexibility index (Phi) is 4.57. The number of fused-ring (bicyclic) bond motifs is 1. The van der Waals surface area contributed by atoms with Gasteiger partial charge >= 0.3 is 0 Å². The summed E-state index contributed by atoms with van der Waals surface area (Å²) in [5.74, 6) is 1.31. The zero-order valence-corrected chi connectivity index (χ0v) is 17.0. The van der Waals surface area contributed by atoms with E-state index in [1.165, 1.54) is 23.1 Å². The lowest BCUT2D eigenvalue weighted by Crippen LogP contribution is -2.23. The average Bonchev–Trinajstić information content (AvgIpc) is 3.46. The Balaban J connectivity index is 1.40. The number of hydrogen-bond donors (Lipinski definition) is 0. The van der Waals surface area contributed by atoms with Crippen molar-refractivity contribution in [1.82, 2.24) is 9.88 Å². The number of nitrogens with zero attached hydrogens (tertiary/aromatic N) is 3. The summed E-state index contributed by atoms with van der Waals surface area (Å²) in [5.41, 5.74) is 2.80. The lowest BCUT2D eigenvalue weighted by Gasteiger charge is -2.05. The fraction of sp³-hybridized carbons (Fsp3) is 0.0952. The molecule has 0 unspecified atom stereocenters. The number of rotatable bonds is 3. The van der Waals surface area contributed by atoms with Crippen LogP contribution in [0, 0.1) is 0 Å². The molecular formula is C21H15N3O3S2. The van der Waals surface area contributed by atoms with Gasteiger partial charge in [0, 0.05) is 18.0 Å². The van der Waals surface area contributed by atoms with Crippen LogP contribution in [0.25, 0.3) is 17.3 Å². The summed E-state index contributed by atoms with van der Waals surface area (Å²) in [6.45, 7) is 0.224. The fourth-order valence-electron chi connectivity index (χ4n) is 2.94. The monoisotopic (exact) mass is 421 g/mol. The van der Waals surface area contributed by atoms with Crippen molar-refractivity contribution in [1.29, 1.82) is 0 Å². The van der Waals surface area contributed by atoms with Gasteiger partial charge in [-0.15, -0.1) is 11.3 Å². The smallest absolute Gasteiger partial charge is 0.266 e. The number of thiazole rings is 1. The van der Waals surface area contributed by atoms with Gasteiger partial charge in [0.05, 0.1) is 10.6 Å². The second-order valence-electron chi connectivity index (χ2n) is 6.36. The number of likely N-dealkylation sites (N-methyl/N-ethyl adjacent to an activating group) is 1. The summed E-state index contributed by atoms with van der Waals surface area (Å²) < 4.78 is 10.7. The molecule has 0 bridgehead atoms. The Morgan fingerprint density at radius 1 is 1.14 bits per heavy atom. The van der Waals surface area contributed by atoms with Crippen LogP contribution in [0.1, 0.15) is 5.56 Å². The number of thioether (sulfide) groups is 1. The summed E-state index contributed by atoms with van der Waals surface area (Å²) in [7, 11) is 1.72. The molecule has 0 atom stereocenters. The highest BCUT2D eigenvalue weighted by Crippen LogP contribution is 2.37. The van der Waals surface area contributed by atoms with Gasteiger partial charge in [0.2, 0.25) is 11.9 Å². The zero-order valence-electron chi connectivity index (χ0n) is 15.4. The van der Waals surface area contributed by atoms with Gasteiger partial charge in [-0.25, -0.2) is 4.98 Å². The normalized spacial score (nSPS) is 18.2. The van der Waals surface area contributed by atoms with E-state index in [4.69, 9.17) is 9.47 Å². The first-order valence-corrected chi connectivity index (χ1v) is 10.5. The molecule has 0 saturated carbocycles. The zero-order chi connectivity index (χ0) is 19.8. The third-order valence-electron chi connectivity index (χ3n) is 4.45. The van der Waals surface area contributed by atoms with E-state index in [0.29, 0.717) is 21.0 Å². The van der Waals surface area contributed by atoms with E-state index in [-0.39, 0.29) is 12.7 Å². The Morgan fingerprint density at radius 3 is 2.83 bits per heavy atom. The molecule has 2 aliphatic rings. The van der Waals surface area contributed by atoms with Crippen molar-refractivity contribution >= 4 is 45.4 Å². The first-order chi connectivity index (χ1) is 14.2. The highest BCUT2D eigenvalue weighted by atomic mass is 32.2. The highest BCUT2D eigenvalue weighted by molar-refractivity contribution is 8.18. The van der Waals surface area contributed by atoms with Crippen LogP contribution >= 0.6 is 23.1 Å². The number of hydrogen-bond acceptors (Lipinski definition) is 7. The molecule has 8 heteroatoms. The van der Waals surface area contributed by atoms with Gasteiger partial charge in [-0.2, -0.15) is 4.99 Å². The number of carbonyl (C=O) groups is 1. The van der Waals surface area contributed by atoms with Crippen molar-refractivity contribution in [2.24, 2.45) is 4.99 Å². The number of benzene rings is 2. The number of aliphatic imine (C=N–C) groups is 1. The highest BCUT2D eigenvalue weighted by Gasteiger charge is 2.30. The van der Waals surface area contributed by atoms with Gasteiger partial charge in [0.15, 0.2) is 16.7 Å². The first kappa shape index (κ1) is 18.0. The second kappa shape index (κ2) is 7.38. The van der Waals surface area contributed by atoms with E-state index >= 15 is 0 Å². The van der Waals surface area contributed by atoms with Gasteiger partial charge in [0.1, 0.15) is 0 Å².